The van der Waals surface area contributed by atoms with E-state index in [1.807, 2.05) is 0 Å². The molecule has 0 bridgehead atoms. The summed E-state index contributed by atoms with van der Waals surface area (Å²) in [6.07, 6.45) is 2.09. The minimum absolute atomic E-state index is 1.10. The quantitative estimate of drug-likeness (QED) is 0.456. The molecule has 112 valence electrons. The van der Waals surface area contributed by atoms with Gasteiger partial charge in [-0.2, -0.15) is 0 Å². The van der Waals surface area contributed by atoms with E-state index in [-0.39, 0.29) is 0 Å². The van der Waals surface area contributed by atoms with Gasteiger partial charge in [0.05, 0.1) is 5.69 Å². The highest BCUT2D eigenvalue weighted by Crippen LogP contribution is 2.45. The zero-order valence-corrected chi connectivity index (χ0v) is 15.0. The van der Waals surface area contributed by atoms with E-state index < -0.39 is 0 Å². The van der Waals surface area contributed by atoms with Gasteiger partial charge in [0.15, 0.2) is 0 Å². The number of fused-ring (bicyclic) bond motifs is 2. The lowest BCUT2D eigenvalue weighted by Gasteiger charge is -2.11. The Morgan fingerprint density at radius 2 is 1.87 bits per heavy atom. The molecule has 1 aliphatic heterocycles. The van der Waals surface area contributed by atoms with Crippen molar-refractivity contribution >= 4 is 50.2 Å². The molecule has 0 unspecified atom stereocenters. The molecular weight excluding hydrogens is 366 g/mol. The van der Waals surface area contributed by atoms with Gasteiger partial charge in [0, 0.05) is 16.4 Å². The van der Waals surface area contributed by atoms with Crippen molar-refractivity contribution in [3.8, 4) is 0 Å². The van der Waals surface area contributed by atoms with E-state index >= 15 is 0 Å². The number of hydrogen-bond acceptors (Lipinski definition) is 2. The van der Waals surface area contributed by atoms with Crippen molar-refractivity contribution in [2.45, 2.75) is 4.90 Å². The largest absolute Gasteiger partial charge is 0.332 e. The van der Waals surface area contributed by atoms with E-state index in [0.29, 0.717) is 0 Å². The van der Waals surface area contributed by atoms with Gasteiger partial charge in [-0.3, -0.25) is 0 Å². The lowest BCUT2D eigenvalue weighted by molar-refractivity contribution is 1.18. The summed E-state index contributed by atoms with van der Waals surface area (Å²) in [7, 11) is 2.09. The summed E-state index contributed by atoms with van der Waals surface area (Å²) in [5.74, 6) is 0. The second-order valence-corrected chi connectivity index (χ2v) is 7.38. The Labute approximate surface area is 148 Å². The van der Waals surface area contributed by atoms with Crippen LogP contribution in [0.1, 0.15) is 5.56 Å². The molecule has 0 radical (unpaired) electrons. The molecule has 0 spiro atoms. The molecular formula is C20H14BrNS. The lowest BCUT2D eigenvalue weighted by Crippen LogP contribution is -2.08. The summed E-state index contributed by atoms with van der Waals surface area (Å²) in [4.78, 5) is 3.45. The summed E-state index contributed by atoms with van der Waals surface area (Å²) < 4.78 is 1.10. The number of rotatable bonds is 1. The fourth-order valence-electron chi connectivity index (χ4n) is 2.76. The van der Waals surface area contributed by atoms with Crippen LogP contribution in [0.25, 0.3) is 16.8 Å². The maximum absolute atomic E-state index is 3.54. The smallest absolute Gasteiger partial charge is 0.124 e. The second-order valence-electron chi connectivity index (χ2n) is 5.44. The van der Waals surface area contributed by atoms with Crippen molar-refractivity contribution in [2.24, 2.45) is 0 Å². The highest BCUT2D eigenvalue weighted by molar-refractivity contribution is 9.10. The first-order valence-electron chi connectivity index (χ1n) is 7.38. The minimum Gasteiger partial charge on any atom is -0.332 e. The number of hydrogen-bond donors (Lipinski definition) is 0. The second kappa shape index (κ2) is 5.93. The van der Waals surface area contributed by atoms with Gasteiger partial charge in [-0.15, -0.1) is 0 Å². The first-order chi connectivity index (χ1) is 11.2. The molecule has 4 rings (SSSR count). The van der Waals surface area contributed by atoms with Gasteiger partial charge in [-0.05, 0) is 40.6 Å². The van der Waals surface area contributed by atoms with Gasteiger partial charge in [-0.25, -0.2) is 0 Å². The van der Waals surface area contributed by atoms with Crippen LogP contribution in [0.15, 0.2) is 80.8 Å². The first-order valence-corrected chi connectivity index (χ1v) is 8.99. The molecule has 0 saturated carbocycles. The van der Waals surface area contributed by atoms with E-state index in [0.717, 1.165) is 9.50 Å². The molecule has 3 aromatic carbocycles. The first kappa shape index (κ1) is 14.6. The molecule has 1 nitrogen and oxygen atoms in total. The average molecular weight is 380 g/mol. The van der Waals surface area contributed by atoms with E-state index in [2.05, 4.69) is 100 Å². The van der Waals surface area contributed by atoms with Crippen LogP contribution in [0.4, 0.5) is 5.69 Å². The van der Waals surface area contributed by atoms with Crippen molar-refractivity contribution in [1.29, 1.82) is 0 Å². The SMILES string of the molecule is CN1C(=C=Cc2cccc3ccccc23)Sc2ccc(Br)cc21. The average Bonchev–Trinajstić information content (AvgIpc) is 2.89. The predicted octanol–water partition coefficient (Wildman–Crippen LogP) is 6.30. The highest BCUT2D eigenvalue weighted by Gasteiger charge is 2.21. The number of nitrogens with zero attached hydrogens (tertiary/aromatic N) is 1. The van der Waals surface area contributed by atoms with Gasteiger partial charge in [0.2, 0.25) is 0 Å². The van der Waals surface area contributed by atoms with Crippen molar-refractivity contribution in [3.05, 3.63) is 81.5 Å². The molecule has 3 heteroatoms. The summed E-state index contributed by atoms with van der Waals surface area (Å²) in [5.41, 5.74) is 5.89. The molecule has 0 atom stereocenters. The highest BCUT2D eigenvalue weighted by atomic mass is 79.9. The van der Waals surface area contributed by atoms with Gasteiger partial charge >= 0.3 is 0 Å². The van der Waals surface area contributed by atoms with Crippen LogP contribution in [0.5, 0.6) is 0 Å². The van der Waals surface area contributed by atoms with Crippen LogP contribution in [0, 0.1) is 0 Å². The van der Waals surface area contributed by atoms with Crippen LogP contribution in [0.3, 0.4) is 0 Å². The Kier molecular flexibility index (Phi) is 3.78. The van der Waals surface area contributed by atoms with E-state index in [9.17, 15) is 0 Å². The van der Waals surface area contributed by atoms with Crippen molar-refractivity contribution in [3.63, 3.8) is 0 Å². The summed E-state index contributed by atoms with van der Waals surface area (Å²) in [5, 5.41) is 3.63. The molecule has 0 aromatic heterocycles. The van der Waals surface area contributed by atoms with Crippen molar-refractivity contribution < 1.29 is 0 Å². The molecule has 1 heterocycles. The van der Waals surface area contributed by atoms with E-state index in [4.69, 9.17) is 0 Å². The molecule has 3 aromatic rings. The van der Waals surface area contributed by atoms with Gasteiger partial charge in [0.25, 0.3) is 0 Å². The molecule has 23 heavy (non-hydrogen) atoms. The minimum atomic E-state index is 1.10. The fourth-order valence-corrected chi connectivity index (χ4v) is 4.11. The summed E-state index contributed by atoms with van der Waals surface area (Å²) >= 11 is 5.30. The zero-order valence-electron chi connectivity index (χ0n) is 12.6. The predicted molar refractivity (Wildman–Crippen MR) is 104 cm³/mol. The summed E-state index contributed by atoms with van der Waals surface area (Å²) in [6.45, 7) is 0. The van der Waals surface area contributed by atoms with E-state index in [1.54, 1.807) is 11.8 Å². The standard InChI is InChI=1S/C20H14BrNS/c1-22-18-13-16(21)10-11-19(18)23-20(22)12-9-15-7-4-6-14-5-2-3-8-17(14)15/h2-11,13H,1H3. The third-order valence-electron chi connectivity index (χ3n) is 3.97. The third-order valence-corrected chi connectivity index (χ3v) is 5.61. The lowest BCUT2D eigenvalue weighted by atomic mass is 10.0. The molecule has 0 saturated heterocycles. The third kappa shape index (κ3) is 2.72. The fraction of sp³-hybridized carbons (Fsp3) is 0.0500. The molecule has 0 N–H and O–H groups in total. The summed E-state index contributed by atoms with van der Waals surface area (Å²) in [6, 6.07) is 21.2. The Hall–Kier alpha value is -1.93. The maximum atomic E-state index is 3.54. The van der Waals surface area contributed by atoms with Crippen LogP contribution in [0.2, 0.25) is 0 Å². The Bertz CT molecular complexity index is 965. The van der Waals surface area contributed by atoms with Crippen molar-refractivity contribution in [1.82, 2.24) is 0 Å². The number of benzene rings is 3. The molecule has 0 fully saturated rings. The van der Waals surface area contributed by atoms with Gasteiger partial charge < -0.3 is 4.90 Å². The van der Waals surface area contributed by atoms with Gasteiger partial charge in [0.1, 0.15) is 5.03 Å². The molecule has 0 aliphatic carbocycles. The number of thioether (sulfide) groups is 1. The normalized spacial score (nSPS) is 13.1. The van der Waals surface area contributed by atoms with Crippen LogP contribution < -0.4 is 4.90 Å². The van der Waals surface area contributed by atoms with E-state index in [1.165, 1.54) is 26.9 Å². The zero-order chi connectivity index (χ0) is 15.8. The Morgan fingerprint density at radius 1 is 1.04 bits per heavy atom. The topological polar surface area (TPSA) is 3.24 Å². The van der Waals surface area contributed by atoms with Crippen LogP contribution in [-0.4, -0.2) is 7.05 Å². The Morgan fingerprint density at radius 3 is 2.78 bits per heavy atom. The number of halogens is 1. The maximum Gasteiger partial charge on any atom is 0.124 e. The van der Waals surface area contributed by atoms with Gasteiger partial charge in [-0.1, -0.05) is 75.9 Å². The van der Waals surface area contributed by atoms with Crippen molar-refractivity contribution in [2.75, 3.05) is 11.9 Å². The van der Waals surface area contributed by atoms with Crippen LogP contribution >= 0.6 is 27.7 Å². The Balaban J connectivity index is 1.77. The number of anilines is 1. The molecule has 0 amide bonds. The van der Waals surface area contributed by atoms with Crippen LogP contribution in [-0.2, 0) is 0 Å². The monoisotopic (exact) mass is 379 g/mol. The molecule has 1 aliphatic rings.